The highest BCUT2D eigenvalue weighted by Gasteiger charge is 2.50. The summed E-state index contributed by atoms with van der Waals surface area (Å²) in [5, 5.41) is 7.63. The average Bonchev–Trinajstić information content (AvgIpc) is 2.83. The Morgan fingerprint density at radius 1 is 1.15 bits per heavy atom. The Morgan fingerprint density at radius 3 is 2.40 bits per heavy atom. The van der Waals surface area contributed by atoms with Crippen molar-refractivity contribution in [1.29, 1.82) is 0 Å². The molecule has 0 spiro atoms. The molecule has 0 unspecified atom stereocenters. The van der Waals surface area contributed by atoms with Crippen molar-refractivity contribution in [3.8, 4) is 0 Å². The van der Waals surface area contributed by atoms with Crippen LogP contribution in [0.1, 0.15) is 63.2 Å². The minimum absolute atomic E-state index is 0.510. The first-order chi connectivity index (χ1) is 9.70. The number of nitrogens with zero attached hydrogens (tertiary/aromatic N) is 1. The first kappa shape index (κ1) is 12.9. The van der Waals surface area contributed by atoms with Crippen molar-refractivity contribution >= 4 is 0 Å². The third kappa shape index (κ3) is 2.11. The molecule has 5 rings (SSSR count). The molecular formula is C17H26N2O. The molecule has 1 N–H and O–H groups in total. The van der Waals surface area contributed by atoms with Gasteiger partial charge in [0.05, 0.1) is 6.20 Å². The molecule has 0 aliphatic heterocycles. The van der Waals surface area contributed by atoms with Crippen molar-refractivity contribution in [3.05, 3.63) is 17.5 Å². The molecule has 3 nitrogen and oxygen atoms in total. The summed E-state index contributed by atoms with van der Waals surface area (Å²) in [4.78, 5) is 0. The van der Waals surface area contributed by atoms with Gasteiger partial charge in [-0.1, -0.05) is 19.0 Å². The van der Waals surface area contributed by atoms with Gasteiger partial charge in [-0.05, 0) is 55.8 Å². The molecule has 3 heteroatoms. The van der Waals surface area contributed by atoms with Gasteiger partial charge in [0.2, 0.25) is 0 Å². The molecule has 4 bridgehead atoms. The fourth-order valence-electron chi connectivity index (χ4n) is 5.34. The number of hydrogen-bond donors (Lipinski definition) is 1. The predicted molar refractivity (Wildman–Crippen MR) is 78.3 cm³/mol. The highest BCUT2D eigenvalue weighted by molar-refractivity contribution is 5.22. The van der Waals surface area contributed by atoms with E-state index in [1.54, 1.807) is 0 Å². The van der Waals surface area contributed by atoms with Crippen LogP contribution in [-0.2, 0) is 6.54 Å². The van der Waals surface area contributed by atoms with Gasteiger partial charge in [-0.2, -0.15) is 0 Å². The standard InChI is InChI=1S/C17H26N2O/c1-10(2)18-8-15-9-19-20-17(15)16-13-4-11-3-12(6-13)7-14(16)5-11/h9-14,16,18H,3-8H2,1-2H3. The van der Waals surface area contributed by atoms with Gasteiger partial charge in [0.25, 0.3) is 0 Å². The summed E-state index contributed by atoms with van der Waals surface area (Å²) in [5.74, 6) is 5.66. The lowest BCUT2D eigenvalue weighted by atomic mass is 9.51. The second-order valence-corrected chi connectivity index (χ2v) is 7.71. The topological polar surface area (TPSA) is 38.1 Å². The van der Waals surface area contributed by atoms with E-state index < -0.39 is 0 Å². The number of rotatable bonds is 4. The Labute approximate surface area is 121 Å². The maximum Gasteiger partial charge on any atom is 0.144 e. The maximum absolute atomic E-state index is 5.73. The maximum atomic E-state index is 5.73. The van der Waals surface area contributed by atoms with Gasteiger partial charge in [0.1, 0.15) is 5.76 Å². The van der Waals surface area contributed by atoms with E-state index in [0.29, 0.717) is 12.0 Å². The van der Waals surface area contributed by atoms with E-state index in [9.17, 15) is 0 Å². The summed E-state index contributed by atoms with van der Waals surface area (Å²) in [6, 6.07) is 0.510. The van der Waals surface area contributed by atoms with Gasteiger partial charge in [-0.15, -0.1) is 0 Å². The van der Waals surface area contributed by atoms with Gasteiger partial charge in [0.15, 0.2) is 0 Å². The lowest BCUT2D eigenvalue weighted by Crippen LogP contribution is -2.44. The molecule has 0 atom stereocenters. The van der Waals surface area contributed by atoms with Crippen molar-refractivity contribution in [2.45, 2.75) is 64.5 Å². The first-order valence-electron chi connectivity index (χ1n) is 8.37. The summed E-state index contributed by atoms with van der Waals surface area (Å²) in [6.45, 7) is 5.28. The van der Waals surface area contributed by atoms with Crippen molar-refractivity contribution in [2.75, 3.05) is 0 Å². The van der Waals surface area contributed by atoms with Crippen LogP contribution in [0.15, 0.2) is 10.7 Å². The van der Waals surface area contributed by atoms with Crippen molar-refractivity contribution in [2.24, 2.45) is 23.7 Å². The lowest BCUT2D eigenvalue weighted by Gasteiger charge is -2.53. The molecule has 20 heavy (non-hydrogen) atoms. The molecule has 4 saturated carbocycles. The second kappa shape index (κ2) is 4.87. The molecular weight excluding hydrogens is 248 g/mol. The summed E-state index contributed by atoms with van der Waals surface area (Å²) in [6.07, 6.45) is 9.21. The van der Waals surface area contributed by atoms with Crippen LogP contribution in [-0.4, -0.2) is 11.2 Å². The Bertz CT molecular complexity index is 451. The SMILES string of the molecule is CC(C)NCc1cnoc1C1C2CC3CC(C2)CC1C3. The first-order valence-corrected chi connectivity index (χ1v) is 8.37. The monoisotopic (exact) mass is 274 g/mol. The van der Waals surface area contributed by atoms with Crippen LogP contribution in [0.3, 0.4) is 0 Å². The van der Waals surface area contributed by atoms with Gasteiger partial charge < -0.3 is 9.84 Å². The normalized spacial score (nSPS) is 38.9. The summed E-state index contributed by atoms with van der Waals surface area (Å²) in [7, 11) is 0. The van der Waals surface area contributed by atoms with E-state index in [1.165, 1.54) is 43.4 Å². The van der Waals surface area contributed by atoms with E-state index in [2.05, 4.69) is 24.3 Å². The fraction of sp³-hybridized carbons (Fsp3) is 0.824. The Morgan fingerprint density at radius 2 is 1.80 bits per heavy atom. The minimum atomic E-state index is 0.510. The van der Waals surface area contributed by atoms with Crippen molar-refractivity contribution in [3.63, 3.8) is 0 Å². The van der Waals surface area contributed by atoms with Gasteiger partial charge >= 0.3 is 0 Å². The molecule has 0 amide bonds. The molecule has 4 aliphatic rings. The average molecular weight is 274 g/mol. The third-order valence-electron chi connectivity index (χ3n) is 5.91. The van der Waals surface area contributed by atoms with Crippen LogP contribution in [0.2, 0.25) is 0 Å². The zero-order valence-corrected chi connectivity index (χ0v) is 12.6. The molecule has 4 fully saturated rings. The molecule has 4 aliphatic carbocycles. The summed E-state index contributed by atoms with van der Waals surface area (Å²) >= 11 is 0. The third-order valence-corrected chi connectivity index (χ3v) is 5.91. The summed E-state index contributed by atoms with van der Waals surface area (Å²) < 4.78 is 5.73. The fourth-order valence-corrected chi connectivity index (χ4v) is 5.34. The van der Waals surface area contributed by atoms with Gasteiger partial charge in [0, 0.05) is 24.1 Å². The molecule has 0 radical (unpaired) electrons. The largest absolute Gasteiger partial charge is 0.361 e. The van der Waals surface area contributed by atoms with Crippen LogP contribution >= 0.6 is 0 Å². The van der Waals surface area contributed by atoms with E-state index in [-0.39, 0.29) is 0 Å². The van der Waals surface area contributed by atoms with Crippen LogP contribution in [0, 0.1) is 23.7 Å². The van der Waals surface area contributed by atoms with Gasteiger partial charge in [-0.3, -0.25) is 0 Å². The number of nitrogens with one attached hydrogen (secondary N) is 1. The molecule has 1 aromatic heterocycles. The molecule has 0 saturated heterocycles. The van der Waals surface area contributed by atoms with Crippen LogP contribution in [0.25, 0.3) is 0 Å². The summed E-state index contributed by atoms with van der Waals surface area (Å²) in [5.41, 5.74) is 1.30. The Kier molecular flexibility index (Phi) is 3.13. The van der Waals surface area contributed by atoms with E-state index in [4.69, 9.17) is 4.52 Å². The van der Waals surface area contributed by atoms with Crippen LogP contribution in [0.4, 0.5) is 0 Å². The minimum Gasteiger partial charge on any atom is -0.361 e. The number of aromatic nitrogens is 1. The predicted octanol–water partition coefficient (Wildman–Crippen LogP) is 3.71. The molecule has 0 aromatic carbocycles. The smallest absolute Gasteiger partial charge is 0.144 e. The van der Waals surface area contributed by atoms with Crippen LogP contribution < -0.4 is 5.32 Å². The van der Waals surface area contributed by atoms with E-state index in [1.807, 2.05) is 6.20 Å². The Hall–Kier alpha value is -0.830. The zero-order chi connectivity index (χ0) is 13.7. The Balaban J connectivity index is 1.57. The molecule has 1 heterocycles. The number of hydrogen-bond acceptors (Lipinski definition) is 3. The highest BCUT2D eigenvalue weighted by Crippen LogP contribution is 2.60. The van der Waals surface area contributed by atoms with Crippen molar-refractivity contribution < 1.29 is 4.52 Å². The van der Waals surface area contributed by atoms with Gasteiger partial charge in [-0.25, -0.2) is 0 Å². The quantitative estimate of drug-likeness (QED) is 0.909. The highest BCUT2D eigenvalue weighted by atomic mass is 16.5. The van der Waals surface area contributed by atoms with Crippen LogP contribution in [0.5, 0.6) is 0 Å². The zero-order valence-electron chi connectivity index (χ0n) is 12.6. The van der Waals surface area contributed by atoms with E-state index in [0.717, 1.165) is 30.2 Å². The molecule has 110 valence electrons. The second-order valence-electron chi connectivity index (χ2n) is 7.71. The lowest BCUT2D eigenvalue weighted by molar-refractivity contribution is -0.0117. The van der Waals surface area contributed by atoms with E-state index >= 15 is 0 Å². The molecule has 1 aromatic rings. The van der Waals surface area contributed by atoms with Crippen molar-refractivity contribution in [1.82, 2.24) is 10.5 Å².